The van der Waals surface area contributed by atoms with E-state index in [-0.39, 0.29) is 5.56 Å². The first-order valence-corrected chi connectivity index (χ1v) is 7.52. The number of benzene rings is 1. The van der Waals surface area contributed by atoms with Crippen LogP contribution in [0.3, 0.4) is 0 Å². The van der Waals surface area contributed by atoms with Gasteiger partial charge in [0.25, 0.3) is 0 Å². The maximum atomic E-state index is 13.8. The van der Waals surface area contributed by atoms with Gasteiger partial charge in [-0.3, -0.25) is 0 Å². The summed E-state index contributed by atoms with van der Waals surface area (Å²) in [6, 6.07) is 4.59. The molecule has 1 aromatic carbocycles. The molecule has 20 heavy (non-hydrogen) atoms. The molecule has 1 fully saturated rings. The molecule has 108 valence electrons. The van der Waals surface area contributed by atoms with E-state index in [1.54, 1.807) is 12.1 Å². The lowest BCUT2D eigenvalue weighted by Gasteiger charge is -2.27. The maximum absolute atomic E-state index is 13.8. The average molecular weight is 277 g/mol. The molecular formula is C17H21F2N. The van der Waals surface area contributed by atoms with E-state index in [4.69, 9.17) is 5.26 Å². The molecule has 0 unspecified atom stereocenters. The van der Waals surface area contributed by atoms with Crippen molar-refractivity contribution in [3.05, 3.63) is 34.9 Å². The minimum Gasteiger partial charge on any atom is -0.203 e. The first-order valence-electron chi connectivity index (χ1n) is 7.52. The van der Waals surface area contributed by atoms with Crippen LogP contribution in [-0.4, -0.2) is 0 Å². The second-order valence-corrected chi connectivity index (χ2v) is 5.85. The number of nitrogens with zero attached hydrogens (tertiary/aromatic N) is 1. The van der Waals surface area contributed by atoms with Crippen molar-refractivity contribution in [3.8, 4) is 6.07 Å². The highest BCUT2D eigenvalue weighted by molar-refractivity contribution is 5.34. The molecule has 0 aliphatic heterocycles. The van der Waals surface area contributed by atoms with E-state index in [1.165, 1.54) is 38.2 Å². The van der Waals surface area contributed by atoms with Crippen LogP contribution >= 0.6 is 0 Å². The molecule has 1 nitrogen and oxygen atoms in total. The standard InChI is InChI=1S/C17H21F2N/c1-2-12-3-5-13(6-4-12)7-8-14-9-10-15(11-20)17(19)16(14)18/h9-10,12-13H,2-8H2,1H3/t12-,13-. The second kappa shape index (κ2) is 6.83. The summed E-state index contributed by atoms with van der Waals surface area (Å²) in [7, 11) is 0. The summed E-state index contributed by atoms with van der Waals surface area (Å²) in [6.07, 6.45) is 7.69. The Morgan fingerprint density at radius 3 is 2.35 bits per heavy atom. The van der Waals surface area contributed by atoms with E-state index < -0.39 is 11.6 Å². The van der Waals surface area contributed by atoms with E-state index >= 15 is 0 Å². The van der Waals surface area contributed by atoms with Gasteiger partial charge in [-0.2, -0.15) is 5.26 Å². The van der Waals surface area contributed by atoms with Crippen LogP contribution in [0, 0.1) is 34.8 Å². The highest BCUT2D eigenvalue weighted by Gasteiger charge is 2.21. The van der Waals surface area contributed by atoms with Gasteiger partial charge < -0.3 is 0 Å². The van der Waals surface area contributed by atoms with E-state index in [0.29, 0.717) is 17.9 Å². The predicted molar refractivity (Wildman–Crippen MR) is 75.1 cm³/mol. The van der Waals surface area contributed by atoms with Crippen LogP contribution in [0.25, 0.3) is 0 Å². The third kappa shape index (κ3) is 3.36. The Hall–Kier alpha value is -1.43. The van der Waals surface area contributed by atoms with Crippen LogP contribution in [0.1, 0.15) is 56.6 Å². The molecule has 1 aliphatic carbocycles. The average Bonchev–Trinajstić information content (AvgIpc) is 2.49. The third-order valence-corrected chi connectivity index (χ3v) is 4.65. The van der Waals surface area contributed by atoms with Crippen molar-refractivity contribution in [3.63, 3.8) is 0 Å². The Kier molecular flexibility index (Phi) is 5.11. The molecule has 2 rings (SSSR count). The summed E-state index contributed by atoms with van der Waals surface area (Å²) < 4.78 is 27.3. The number of hydrogen-bond acceptors (Lipinski definition) is 1. The minimum absolute atomic E-state index is 0.213. The summed E-state index contributed by atoms with van der Waals surface area (Å²) in [6.45, 7) is 2.24. The zero-order chi connectivity index (χ0) is 14.5. The van der Waals surface area contributed by atoms with Gasteiger partial charge in [0, 0.05) is 0 Å². The molecule has 0 spiro atoms. The first-order chi connectivity index (χ1) is 9.65. The number of nitriles is 1. The van der Waals surface area contributed by atoms with Gasteiger partial charge in [0.1, 0.15) is 6.07 Å². The van der Waals surface area contributed by atoms with Gasteiger partial charge in [0.15, 0.2) is 11.6 Å². The van der Waals surface area contributed by atoms with Gasteiger partial charge in [-0.1, -0.05) is 45.1 Å². The fourth-order valence-electron chi connectivity index (χ4n) is 3.16. The summed E-state index contributed by atoms with van der Waals surface area (Å²) in [5.74, 6) is -0.350. The zero-order valence-corrected chi connectivity index (χ0v) is 12.0. The van der Waals surface area contributed by atoms with Crippen molar-refractivity contribution in [1.29, 1.82) is 5.26 Å². The lowest BCUT2D eigenvalue weighted by molar-refractivity contribution is 0.258. The van der Waals surface area contributed by atoms with E-state index in [0.717, 1.165) is 12.3 Å². The van der Waals surface area contributed by atoms with Gasteiger partial charge in [0.05, 0.1) is 5.56 Å². The fourth-order valence-corrected chi connectivity index (χ4v) is 3.16. The van der Waals surface area contributed by atoms with Crippen molar-refractivity contribution < 1.29 is 8.78 Å². The number of hydrogen-bond donors (Lipinski definition) is 0. The zero-order valence-electron chi connectivity index (χ0n) is 12.0. The summed E-state index contributed by atoms with van der Waals surface area (Å²) in [5.41, 5.74) is 0.189. The molecule has 0 heterocycles. The lowest BCUT2D eigenvalue weighted by atomic mass is 9.78. The fraction of sp³-hybridized carbons (Fsp3) is 0.588. The molecule has 1 saturated carbocycles. The molecule has 0 amide bonds. The SMILES string of the molecule is CC[C@H]1CC[C@H](CCc2ccc(C#N)c(F)c2F)CC1. The largest absolute Gasteiger partial charge is 0.203 e. The predicted octanol–water partition coefficient (Wildman–Crippen LogP) is 4.99. The van der Waals surface area contributed by atoms with Crippen LogP contribution in [0.4, 0.5) is 8.78 Å². The Labute approximate surface area is 119 Å². The Morgan fingerprint density at radius 2 is 1.75 bits per heavy atom. The molecule has 0 N–H and O–H groups in total. The normalized spacial score (nSPS) is 22.5. The van der Waals surface area contributed by atoms with E-state index in [1.807, 2.05) is 0 Å². The van der Waals surface area contributed by atoms with Crippen LogP contribution in [0.5, 0.6) is 0 Å². The van der Waals surface area contributed by atoms with Crippen molar-refractivity contribution in [1.82, 2.24) is 0 Å². The van der Waals surface area contributed by atoms with Crippen molar-refractivity contribution in [2.45, 2.75) is 51.9 Å². The van der Waals surface area contributed by atoms with E-state index in [9.17, 15) is 8.78 Å². The molecule has 0 atom stereocenters. The Balaban J connectivity index is 1.92. The maximum Gasteiger partial charge on any atom is 0.176 e. The summed E-state index contributed by atoms with van der Waals surface area (Å²) in [5, 5.41) is 8.66. The quantitative estimate of drug-likeness (QED) is 0.761. The van der Waals surface area contributed by atoms with E-state index in [2.05, 4.69) is 6.92 Å². The topological polar surface area (TPSA) is 23.8 Å². The van der Waals surface area contributed by atoms with Gasteiger partial charge in [0.2, 0.25) is 0 Å². The lowest BCUT2D eigenvalue weighted by Crippen LogP contribution is -2.14. The van der Waals surface area contributed by atoms with Crippen molar-refractivity contribution in [2.75, 3.05) is 0 Å². The molecule has 0 bridgehead atoms. The van der Waals surface area contributed by atoms with Crippen LogP contribution in [0.2, 0.25) is 0 Å². The van der Waals surface area contributed by atoms with Gasteiger partial charge >= 0.3 is 0 Å². The molecule has 1 aliphatic rings. The Morgan fingerprint density at radius 1 is 1.10 bits per heavy atom. The number of aryl methyl sites for hydroxylation is 1. The molecule has 0 saturated heterocycles. The Bertz CT molecular complexity index is 496. The molecule has 1 aromatic rings. The third-order valence-electron chi connectivity index (χ3n) is 4.65. The first kappa shape index (κ1) is 15.0. The molecule has 3 heteroatoms. The van der Waals surface area contributed by atoms with Crippen molar-refractivity contribution >= 4 is 0 Å². The van der Waals surface area contributed by atoms with Gasteiger partial charge in [-0.15, -0.1) is 0 Å². The van der Waals surface area contributed by atoms with Crippen LogP contribution in [-0.2, 0) is 6.42 Å². The molecule has 0 aromatic heterocycles. The van der Waals surface area contributed by atoms with Gasteiger partial charge in [-0.05, 0) is 36.3 Å². The smallest absolute Gasteiger partial charge is 0.176 e. The van der Waals surface area contributed by atoms with Crippen molar-refractivity contribution in [2.24, 2.45) is 11.8 Å². The van der Waals surface area contributed by atoms with Gasteiger partial charge in [-0.25, -0.2) is 8.78 Å². The minimum atomic E-state index is -1.00. The highest BCUT2D eigenvalue weighted by atomic mass is 19.2. The number of rotatable bonds is 4. The highest BCUT2D eigenvalue weighted by Crippen LogP contribution is 2.33. The number of halogens is 2. The molecular weight excluding hydrogens is 256 g/mol. The summed E-state index contributed by atoms with van der Waals surface area (Å²) in [4.78, 5) is 0. The summed E-state index contributed by atoms with van der Waals surface area (Å²) >= 11 is 0. The van der Waals surface area contributed by atoms with Crippen LogP contribution < -0.4 is 0 Å². The second-order valence-electron chi connectivity index (χ2n) is 5.85. The monoisotopic (exact) mass is 277 g/mol. The van der Waals surface area contributed by atoms with Crippen LogP contribution in [0.15, 0.2) is 12.1 Å². The molecule has 0 radical (unpaired) electrons.